The molecular formula is C56H39N7. The van der Waals surface area contributed by atoms with Gasteiger partial charge in [-0.1, -0.05) is 169 Å². The first-order chi connectivity index (χ1) is 31.0. The van der Waals surface area contributed by atoms with Crippen molar-refractivity contribution >= 4 is 21.8 Å². The molecule has 0 aliphatic carbocycles. The lowest BCUT2D eigenvalue weighted by Crippen LogP contribution is -2.05. The summed E-state index contributed by atoms with van der Waals surface area (Å²) >= 11 is 0. The molecule has 0 atom stereocenters. The number of nitrogens with zero attached hydrogens (tertiary/aromatic N) is 7. The van der Waals surface area contributed by atoms with Gasteiger partial charge in [0, 0.05) is 44.2 Å². The Morgan fingerprint density at radius 1 is 0.302 bits per heavy atom. The monoisotopic (exact) mass is 809 g/mol. The molecule has 0 bridgehead atoms. The first-order valence-corrected chi connectivity index (χ1v) is 21.0. The van der Waals surface area contributed by atoms with Crippen molar-refractivity contribution in [1.82, 2.24) is 34.5 Å². The number of benzene rings is 8. The highest BCUT2D eigenvalue weighted by Crippen LogP contribution is 2.40. The second kappa shape index (κ2) is 15.9. The zero-order chi connectivity index (χ0) is 42.3. The first-order valence-electron chi connectivity index (χ1n) is 21.0. The first kappa shape index (κ1) is 37.6. The Kier molecular flexibility index (Phi) is 9.47. The molecule has 0 saturated heterocycles. The van der Waals surface area contributed by atoms with Crippen molar-refractivity contribution < 1.29 is 0 Å². The quantitative estimate of drug-likeness (QED) is 0.152. The SMILES string of the molecule is Cc1ccc(-c2ccc3c(c2)c2ccccc2n3-c2ccc(-c3nc(-c4ccccc4)nc(-c4ccccc4)n3)cc2-c2nc(-c3ccccc3)nc(-c3ccccc3)n2)c(C)c1. The van der Waals surface area contributed by atoms with Gasteiger partial charge in [-0.05, 0) is 66.9 Å². The molecule has 3 aromatic heterocycles. The zero-order valence-electron chi connectivity index (χ0n) is 34.7. The van der Waals surface area contributed by atoms with Crippen LogP contribution in [0.1, 0.15) is 11.1 Å². The molecule has 0 saturated carbocycles. The highest BCUT2D eigenvalue weighted by atomic mass is 15.1. The number of aryl methyl sites for hydroxylation is 2. The van der Waals surface area contributed by atoms with Crippen LogP contribution < -0.4 is 0 Å². The fraction of sp³-hybridized carbons (Fsp3) is 0.0357. The van der Waals surface area contributed by atoms with E-state index in [2.05, 4.69) is 97.3 Å². The second-order valence-corrected chi connectivity index (χ2v) is 15.7. The second-order valence-electron chi connectivity index (χ2n) is 15.7. The van der Waals surface area contributed by atoms with Crippen molar-refractivity contribution in [2.24, 2.45) is 0 Å². The van der Waals surface area contributed by atoms with Gasteiger partial charge in [-0.25, -0.2) is 29.9 Å². The van der Waals surface area contributed by atoms with Gasteiger partial charge >= 0.3 is 0 Å². The molecule has 8 aromatic carbocycles. The third-order valence-corrected chi connectivity index (χ3v) is 11.5. The fourth-order valence-electron chi connectivity index (χ4n) is 8.45. The lowest BCUT2D eigenvalue weighted by atomic mass is 9.97. The van der Waals surface area contributed by atoms with Crippen LogP contribution in [0.15, 0.2) is 200 Å². The molecule has 7 nitrogen and oxygen atoms in total. The van der Waals surface area contributed by atoms with E-state index < -0.39 is 0 Å². The largest absolute Gasteiger partial charge is 0.309 e. The molecule has 0 unspecified atom stereocenters. The summed E-state index contributed by atoms with van der Waals surface area (Å²) in [7, 11) is 0. The van der Waals surface area contributed by atoms with E-state index in [1.54, 1.807) is 0 Å². The smallest absolute Gasteiger partial charge is 0.166 e. The molecule has 298 valence electrons. The molecule has 0 spiro atoms. The molecule has 0 radical (unpaired) electrons. The lowest BCUT2D eigenvalue weighted by Gasteiger charge is -2.16. The minimum Gasteiger partial charge on any atom is -0.309 e. The van der Waals surface area contributed by atoms with Gasteiger partial charge in [0.1, 0.15) is 0 Å². The van der Waals surface area contributed by atoms with E-state index in [1.165, 1.54) is 22.3 Å². The van der Waals surface area contributed by atoms with E-state index in [1.807, 2.05) is 121 Å². The molecule has 3 heterocycles. The highest BCUT2D eigenvalue weighted by molar-refractivity contribution is 6.11. The normalized spacial score (nSPS) is 11.3. The van der Waals surface area contributed by atoms with Gasteiger partial charge in [0.2, 0.25) is 0 Å². The Morgan fingerprint density at radius 3 is 1.27 bits per heavy atom. The summed E-state index contributed by atoms with van der Waals surface area (Å²) < 4.78 is 2.34. The third kappa shape index (κ3) is 7.11. The van der Waals surface area contributed by atoms with E-state index in [4.69, 9.17) is 29.9 Å². The van der Waals surface area contributed by atoms with E-state index in [9.17, 15) is 0 Å². The molecule has 0 fully saturated rings. The van der Waals surface area contributed by atoms with Crippen LogP contribution in [-0.4, -0.2) is 34.5 Å². The van der Waals surface area contributed by atoms with Crippen LogP contribution >= 0.6 is 0 Å². The number of para-hydroxylation sites is 1. The third-order valence-electron chi connectivity index (χ3n) is 11.5. The van der Waals surface area contributed by atoms with E-state index >= 15 is 0 Å². The van der Waals surface area contributed by atoms with Gasteiger partial charge in [-0.3, -0.25) is 0 Å². The molecule has 7 heteroatoms. The fourth-order valence-corrected chi connectivity index (χ4v) is 8.45. The molecular weight excluding hydrogens is 771 g/mol. The van der Waals surface area contributed by atoms with Crippen molar-refractivity contribution in [3.63, 3.8) is 0 Å². The molecule has 0 N–H and O–H groups in total. The van der Waals surface area contributed by atoms with Crippen molar-refractivity contribution in [2.75, 3.05) is 0 Å². The van der Waals surface area contributed by atoms with Crippen molar-refractivity contribution in [3.05, 3.63) is 211 Å². The predicted octanol–water partition coefficient (Wildman–Crippen LogP) is 13.4. The molecule has 63 heavy (non-hydrogen) atoms. The average molecular weight is 810 g/mol. The van der Waals surface area contributed by atoms with Crippen LogP contribution in [-0.2, 0) is 0 Å². The van der Waals surface area contributed by atoms with Crippen LogP contribution in [0.2, 0.25) is 0 Å². The maximum Gasteiger partial charge on any atom is 0.166 e. The molecule has 0 aliphatic rings. The number of hydrogen-bond donors (Lipinski definition) is 0. The van der Waals surface area contributed by atoms with Crippen molar-refractivity contribution in [1.29, 1.82) is 0 Å². The Balaban J connectivity index is 1.19. The van der Waals surface area contributed by atoms with Crippen LogP contribution in [0, 0.1) is 13.8 Å². The molecule has 11 rings (SSSR count). The number of rotatable bonds is 8. The van der Waals surface area contributed by atoms with Crippen LogP contribution in [0.25, 0.3) is 107 Å². The topological polar surface area (TPSA) is 82.3 Å². The highest BCUT2D eigenvalue weighted by Gasteiger charge is 2.22. The minimum atomic E-state index is 0.526. The summed E-state index contributed by atoms with van der Waals surface area (Å²) in [6.07, 6.45) is 0. The van der Waals surface area contributed by atoms with Gasteiger partial charge in [0.05, 0.1) is 16.7 Å². The number of fused-ring (bicyclic) bond motifs is 3. The Morgan fingerprint density at radius 2 is 0.746 bits per heavy atom. The summed E-state index contributed by atoms with van der Waals surface area (Å²) in [5, 5.41) is 2.30. The number of aromatic nitrogens is 7. The Bertz CT molecular complexity index is 3340. The standard InChI is InChI=1S/C56H39N7/c1-36-27-30-44(37(2)33-36)42-28-31-49-46(34-42)45-25-15-16-26-48(45)63(49)50-32-29-43(55-59-51(38-17-7-3-8-18-38)57-52(60-55)39-19-9-4-10-20-39)35-47(50)56-61-53(40-21-11-5-12-22-40)58-54(62-56)41-23-13-6-14-24-41/h3-35H,1-2H3. The molecule has 0 amide bonds. The van der Waals surface area contributed by atoms with Gasteiger partial charge in [0.25, 0.3) is 0 Å². The maximum atomic E-state index is 5.28. The van der Waals surface area contributed by atoms with Crippen LogP contribution in [0.4, 0.5) is 0 Å². The minimum absolute atomic E-state index is 0.526. The summed E-state index contributed by atoms with van der Waals surface area (Å²) in [6.45, 7) is 4.32. The van der Waals surface area contributed by atoms with Gasteiger partial charge < -0.3 is 4.57 Å². The van der Waals surface area contributed by atoms with Gasteiger partial charge in [-0.15, -0.1) is 0 Å². The van der Waals surface area contributed by atoms with Gasteiger partial charge in [0.15, 0.2) is 34.9 Å². The predicted molar refractivity (Wildman–Crippen MR) is 255 cm³/mol. The average Bonchev–Trinajstić information content (AvgIpc) is 3.68. The lowest BCUT2D eigenvalue weighted by molar-refractivity contribution is 1.06. The van der Waals surface area contributed by atoms with E-state index in [0.717, 1.165) is 60.9 Å². The summed E-state index contributed by atoms with van der Waals surface area (Å²) in [4.78, 5) is 30.8. The van der Waals surface area contributed by atoms with E-state index in [-0.39, 0.29) is 0 Å². The summed E-state index contributed by atoms with van der Waals surface area (Å²) in [5.74, 6) is 3.40. The van der Waals surface area contributed by atoms with Crippen molar-refractivity contribution in [2.45, 2.75) is 13.8 Å². The summed E-state index contributed by atoms with van der Waals surface area (Å²) in [6, 6.07) is 68.7. The molecule has 0 aliphatic heterocycles. The zero-order valence-corrected chi connectivity index (χ0v) is 34.7. The van der Waals surface area contributed by atoms with Crippen LogP contribution in [0.5, 0.6) is 0 Å². The van der Waals surface area contributed by atoms with Crippen LogP contribution in [0.3, 0.4) is 0 Å². The van der Waals surface area contributed by atoms with Crippen molar-refractivity contribution in [3.8, 4) is 85.1 Å². The maximum absolute atomic E-state index is 5.28. The van der Waals surface area contributed by atoms with E-state index in [0.29, 0.717) is 34.9 Å². The Labute approximate surface area is 365 Å². The van der Waals surface area contributed by atoms with Gasteiger partial charge in [-0.2, -0.15) is 0 Å². The summed E-state index contributed by atoms with van der Waals surface area (Å²) in [5.41, 5.74) is 13.1. The number of hydrogen-bond acceptors (Lipinski definition) is 6. The molecule has 11 aromatic rings. The Hall–Kier alpha value is -8.42.